The highest BCUT2D eigenvalue weighted by atomic mass is 16.4. The fourth-order valence-electron chi connectivity index (χ4n) is 9.13. The summed E-state index contributed by atoms with van der Waals surface area (Å²) in [6.45, 7) is 19.3. The number of aliphatic hydroxyl groups is 2. The lowest BCUT2D eigenvalue weighted by molar-refractivity contribution is -0.178. The Morgan fingerprint density at radius 1 is 1.03 bits per heavy atom. The van der Waals surface area contributed by atoms with Crippen LogP contribution in [0.1, 0.15) is 106 Å². The SMILES string of the molecule is C=C(C)[C@@H]1CC[C@]2(C)[C@H](CC[C@@H]3[C@@H]([C@@](C)(O)C/C=C/C(C)(C)O)CC[C@]32C)[C@@]1(C)CCC(=O)O. The summed E-state index contributed by atoms with van der Waals surface area (Å²) in [5.74, 6) is 0.840. The maximum atomic E-state index is 11.6. The van der Waals surface area contributed by atoms with Crippen molar-refractivity contribution in [1.82, 2.24) is 0 Å². The first-order valence-corrected chi connectivity index (χ1v) is 13.5. The number of allylic oxidation sites excluding steroid dienone is 1. The molecule has 0 radical (unpaired) electrons. The first-order valence-electron chi connectivity index (χ1n) is 13.5. The van der Waals surface area contributed by atoms with Crippen molar-refractivity contribution in [2.75, 3.05) is 0 Å². The van der Waals surface area contributed by atoms with E-state index in [-0.39, 0.29) is 28.6 Å². The van der Waals surface area contributed by atoms with Crippen LogP contribution in [0.2, 0.25) is 0 Å². The number of carboxylic acids is 1. The number of hydrogen-bond donors (Lipinski definition) is 3. The second kappa shape index (κ2) is 9.07. The zero-order valence-electron chi connectivity index (χ0n) is 22.8. The van der Waals surface area contributed by atoms with Crippen molar-refractivity contribution >= 4 is 5.97 Å². The third kappa shape index (κ3) is 4.66. The van der Waals surface area contributed by atoms with Crippen LogP contribution in [0.15, 0.2) is 24.3 Å². The summed E-state index contributed by atoms with van der Waals surface area (Å²) < 4.78 is 0. The number of rotatable bonds is 8. The second-order valence-electron chi connectivity index (χ2n) is 13.7. The molecule has 3 aliphatic rings. The smallest absolute Gasteiger partial charge is 0.303 e. The summed E-state index contributed by atoms with van der Waals surface area (Å²) in [4.78, 5) is 11.6. The molecule has 0 spiro atoms. The van der Waals surface area contributed by atoms with Crippen molar-refractivity contribution in [3.63, 3.8) is 0 Å². The summed E-state index contributed by atoms with van der Waals surface area (Å²) in [6.07, 6.45) is 11.8. The molecule has 8 atom stereocenters. The normalized spacial score (nSPS) is 42.1. The molecular formula is C30H50O4. The Morgan fingerprint density at radius 2 is 1.65 bits per heavy atom. The fraction of sp³-hybridized carbons (Fsp3) is 0.833. The van der Waals surface area contributed by atoms with Crippen LogP contribution in [0, 0.1) is 39.9 Å². The number of aliphatic carboxylic acids is 1. The highest BCUT2D eigenvalue weighted by Crippen LogP contribution is 2.74. The Hall–Kier alpha value is -1.13. The van der Waals surface area contributed by atoms with Gasteiger partial charge in [0.2, 0.25) is 0 Å². The van der Waals surface area contributed by atoms with Gasteiger partial charge in [-0.25, -0.2) is 0 Å². The molecule has 3 aliphatic carbocycles. The number of carboxylic acid groups (broad SMARTS) is 1. The summed E-state index contributed by atoms with van der Waals surface area (Å²) in [5.41, 5.74) is -0.254. The Bertz CT molecular complexity index is 820. The van der Waals surface area contributed by atoms with Gasteiger partial charge in [-0.15, -0.1) is 0 Å². The summed E-state index contributed by atoms with van der Waals surface area (Å²) in [6, 6.07) is 0. The van der Waals surface area contributed by atoms with Crippen LogP contribution in [0.4, 0.5) is 0 Å². The molecule has 0 saturated heterocycles. The molecule has 0 aromatic heterocycles. The molecule has 3 N–H and O–H groups in total. The van der Waals surface area contributed by atoms with E-state index in [1.807, 2.05) is 13.0 Å². The summed E-state index contributed by atoms with van der Waals surface area (Å²) in [5, 5.41) is 31.2. The number of hydrogen-bond acceptors (Lipinski definition) is 3. The Morgan fingerprint density at radius 3 is 2.21 bits per heavy atom. The summed E-state index contributed by atoms with van der Waals surface area (Å²) >= 11 is 0. The quantitative estimate of drug-likeness (QED) is 0.340. The Labute approximate surface area is 207 Å². The molecule has 0 bridgehead atoms. The minimum absolute atomic E-state index is 0.0543. The van der Waals surface area contributed by atoms with Gasteiger partial charge in [-0.05, 0) is 119 Å². The van der Waals surface area contributed by atoms with Crippen molar-refractivity contribution in [2.24, 2.45) is 39.9 Å². The third-order valence-corrected chi connectivity index (χ3v) is 11.0. The van der Waals surface area contributed by atoms with Crippen molar-refractivity contribution in [2.45, 2.75) is 117 Å². The maximum Gasteiger partial charge on any atom is 0.303 e. The highest BCUT2D eigenvalue weighted by molar-refractivity contribution is 5.66. The van der Waals surface area contributed by atoms with Crippen LogP contribution < -0.4 is 0 Å². The molecule has 0 amide bonds. The van der Waals surface area contributed by atoms with Gasteiger partial charge >= 0.3 is 5.97 Å². The average molecular weight is 475 g/mol. The lowest BCUT2D eigenvalue weighted by Gasteiger charge is -2.66. The van der Waals surface area contributed by atoms with Gasteiger partial charge in [0.05, 0.1) is 11.2 Å². The van der Waals surface area contributed by atoms with Crippen LogP contribution >= 0.6 is 0 Å². The van der Waals surface area contributed by atoms with E-state index in [9.17, 15) is 20.1 Å². The van der Waals surface area contributed by atoms with E-state index in [0.717, 1.165) is 38.5 Å². The van der Waals surface area contributed by atoms with Gasteiger partial charge in [-0.2, -0.15) is 0 Å². The third-order valence-electron chi connectivity index (χ3n) is 11.0. The van der Waals surface area contributed by atoms with E-state index >= 15 is 0 Å². The predicted molar refractivity (Wildman–Crippen MR) is 138 cm³/mol. The monoisotopic (exact) mass is 474 g/mol. The molecule has 0 aromatic rings. The van der Waals surface area contributed by atoms with Crippen LogP contribution in [-0.4, -0.2) is 32.5 Å². The fourth-order valence-corrected chi connectivity index (χ4v) is 9.13. The number of carbonyl (C=O) groups is 1. The molecular weight excluding hydrogens is 424 g/mol. The van der Waals surface area contributed by atoms with Gasteiger partial charge in [-0.1, -0.05) is 45.1 Å². The van der Waals surface area contributed by atoms with E-state index in [2.05, 4.69) is 34.3 Å². The van der Waals surface area contributed by atoms with Gasteiger partial charge < -0.3 is 15.3 Å². The topological polar surface area (TPSA) is 77.8 Å². The van der Waals surface area contributed by atoms with Gasteiger partial charge in [0.1, 0.15) is 0 Å². The van der Waals surface area contributed by atoms with Crippen molar-refractivity contribution in [3.8, 4) is 0 Å². The van der Waals surface area contributed by atoms with E-state index in [0.29, 0.717) is 30.6 Å². The molecule has 3 saturated carbocycles. The molecule has 3 fully saturated rings. The Kier molecular flexibility index (Phi) is 7.32. The van der Waals surface area contributed by atoms with E-state index in [1.54, 1.807) is 19.9 Å². The molecule has 4 heteroatoms. The van der Waals surface area contributed by atoms with Crippen LogP contribution in [0.3, 0.4) is 0 Å². The molecule has 0 unspecified atom stereocenters. The van der Waals surface area contributed by atoms with Crippen LogP contribution in [0.25, 0.3) is 0 Å². The van der Waals surface area contributed by atoms with Gasteiger partial charge in [-0.3, -0.25) is 4.79 Å². The highest BCUT2D eigenvalue weighted by Gasteiger charge is 2.67. The molecule has 0 heterocycles. The van der Waals surface area contributed by atoms with E-state index < -0.39 is 17.2 Å². The Balaban J connectivity index is 1.91. The van der Waals surface area contributed by atoms with Crippen LogP contribution in [0.5, 0.6) is 0 Å². The second-order valence-corrected chi connectivity index (χ2v) is 13.7. The average Bonchev–Trinajstić information content (AvgIpc) is 3.04. The standard InChI is InChI=1S/C30H50O4/c1-20(2)21-12-19-29(7)24(27(21,5)17-14-25(31)32)11-10-22-23(13-18-28(22,29)6)30(8,34)16-9-15-26(3,4)33/h9,15,21-24,33-34H,1,10-14,16-19H2,2-8H3,(H,31,32)/b15-9+/t21-,22+,23-,24+,27-,28+,29+,30-/m0/s1. The zero-order valence-corrected chi connectivity index (χ0v) is 22.8. The minimum Gasteiger partial charge on any atom is -0.481 e. The van der Waals surface area contributed by atoms with Gasteiger partial charge in [0.25, 0.3) is 0 Å². The summed E-state index contributed by atoms with van der Waals surface area (Å²) in [7, 11) is 0. The molecule has 0 aromatic carbocycles. The zero-order chi connectivity index (χ0) is 25.7. The largest absolute Gasteiger partial charge is 0.481 e. The molecule has 0 aliphatic heterocycles. The lowest BCUT2D eigenvalue weighted by atomic mass is 9.38. The van der Waals surface area contributed by atoms with Crippen molar-refractivity contribution < 1.29 is 20.1 Å². The van der Waals surface area contributed by atoms with Crippen molar-refractivity contribution in [3.05, 3.63) is 24.3 Å². The number of fused-ring (bicyclic) bond motifs is 3. The van der Waals surface area contributed by atoms with Gasteiger partial charge in [0.15, 0.2) is 0 Å². The van der Waals surface area contributed by atoms with Gasteiger partial charge in [0, 0.05) is 6.42 Å². The first-order chi connectivity index (χ1) is 15.5. The van der Waals surface area contributed by atoms with E-state index in [1.165, 1.54) is 5.57 Å². The van der Waals surface area contributed by atoms with Crippen molar-refractivity contribution in [1.29, 1.82) is 0 Å². The predicted octanol–water partition coefficient (Wildman–Crippen LogP) is 6.76. The molecule has 34 heavy (non-hydrogen) atoms. The first kappa shape index (κ1) is 27.5. The molecule has 194 valence electrons. The molecule has 4 nitrogen and oxygen atoms in total. The maximum absolute atomic E-state index is 11.6. The van der Waals surface area contributed by atoms with E-state index in [4.69, 9.17) is 0 Å². The minimum atomic E-state index is -0.867. The lowest BCUT2D eigenvalue weighted by Crippen LogP contribution is -2.60. The molecule has 3 rings (SSSR count). The van der Waals surface area contributed by atoms with Crippen LogP contribution in [-0.2, 0) is 4.79 Å².